The topological polar surface area (TPSA) is 194 Å². The van der Waals surface area contributed by atoms with E-state index in [-0.39, 0.29) is 36.2 Å². The molecule has 0 saturated carbocycles. The number of carbonyl (C=O) groups excluding carboxylic acids is 1. The van der Waals surface area contributed by atoms with Crippen molar-refractivity contribution in [1.29, 1.82) is 0 Å². The highest BCUT2D eigenvalue weighted by Crippen LogP contribution is 2.37. The number of esters is 1. The van der Waals surface area contributed by atoms with Crippen LogP contribution in [-0.2, 0) is 43.9 Å². The first-order valence-electron chi connectivity index (χ1n) is 18.6. The third-order valence-electron chi connectivity index (χ3n) is 10.3. The first-order chi connectivity index (χ1) is 27.5. The van der Waals surface area contributed by atoms with E-state index in [9.17, 15) is 33.3 Å². The molecule has 0 radical (unpaired) electrons. The van der Waals surface area contributed by atoms with E-state index in [4.69, 9.17) is 30.5 Å². The molecule has 1 saturated heterocycles. The van der Waals surface area contributed by atoms with Gasteiger partial charge in [-0.1, -0.05) is 41.9 Å². The summed E-state index contributed by atoms with van der Waals surface area (Å²) < 4.78 is 47.6. The second kappa shape index (κ2) is 18.9. The molecule has 2 atom stereocenters. The average molecular weight is 840 g/mol. The number of aliphatic hydroxyl groups is 2. The number of aliphatic hydroxyl groups excluding tert-OH is 1. The van der Waals surface area contributed by atoms with E-state index in [2.05, 4.69) is 10.3 Å². The summed E-state index contributed by atoms with van der Waals surface area (Å²) in [6, 6.07) is 16.5. The monoisotopic (exact) mass is 839 g/mol. The van der Waals surface area contributed by atoms with E-state index in [0.29, 0.717) is 55.2 Å². The van der Waals surface area contributed by atoms with E-state index in [1.54, 1.807) is 12.1 Å². The van der Waals surface area contributed by atoms with Gasteiger partial charge in [0.15, 0.2) is 15.4 Å². The number of aliphatic carboxylic acids is 1. The van der Waals surface area contributed by atoms with Gasteiger partial charge in [-0.25, -0.2) is 13.2 Å². The Balaban J connectivity index is 1.30. The minimum absolute atomic E-state index is 0.0372. The van der Waals surface area contributed by atoms with E-state index in [1.165, 1.54) is 32.5 Å². The lowest BCUT2D eigenvalue weighted by atomic mass is 9.93. The summed E-state index contributed by atoms with van der Waals surface area (Å²) in [5, 5.41) is 33.1. The first-order valence-corrected chi connectivity index (χ1v) is 20.9. The Morgan fingerprint density at radius 2 is 1.67 bits per heavy atom. The highest BCUT2D eigenvalue weighted by atomic mass is 35.5. The standard InChI is InChI=1S/C42H50ClN3O11S/c1-27-30(9-6-10-33(27)34-11-7-12-36(28(34)2)55-16-8-14-46-15-13-42(51,25-46)40(50)54-4)24-57-38-19-37(56-23-29-17-32(22-44-20-29)58(5,52)53)31(18-35(38)43)21-45-41(3,26-47)39(48)49/h6-7,9-12,17-20,22,45,47,51H,8,13-16,21,23-26H2,1-5H3,(H,48,49). The molecule has 58 heavy (non-hydrogen) atoms. The van der Waals surface area contributed by atoms with Crippen LogP contribution in [0.1, 0.15) is 47.6 Å². The molecule has 0 bridgehead atoms. The number of methoxy groups -OCH3 is 1. The second-order valence-corrected chi connectivity index (χ2v) is 17.1. The third kappa shape index (κ3) is 10.6. The molecule has 0 amide bonds. The summed E-state index contributed by atoms with van der Waals surface area (Å²) in [5.41, 5.74) is 2.70. The van der Waals surface area contributed by atoms with E-state index in [1.807, 2.05) is 55.1 Å². The fraction of sp³-hybridized carbons (Fsp3) is 0.405. The maximum absolute atomic E-state index is 12.1. The number of β-amino-alcohol motifs (C(OH)–C–C–N with tert-alkyl or cyclic N) is 1. The van der Waals surface area contributed by atoms with Crippen molar-refractivity contribution in [2.45, 2.75) is 69.4 Å². The number of ether oxygens (including phenoxy) is 4. The van der Waals surface area contributed by atoms with Crippen molar-refractivity contribution in [3.63, 3.8) is 0 Å². The summed E-state index contributed by atoms with van der Waals surface area (Å²) in [5.74, 6) is -0.506. The molecule has 2 heterocycles. The minimum Gasteiger partial charge on any atom is -0.493 e. The predicted molar refractivity (Wildman–Crippen MR) is 217 cm³/mol. The maximum atomic E-state index is 12.1. The lowest BCUT2D eigenvalue weighted by molar-refractivity contribution is -0.160. The van der Waals surface area contributed by atoms with Crippen molar-refractivity contribution in [2.75, 3.05) is 46.2 Å². The Morgan fingerprint density at radius 1 is 0.966 bits per heavy atom. The first kappa shape index (κ1) is 44.3. The van der Waals surface area contributed by atoms with Gasteiger partial charge in [0, 0.05) is 68.4 Å². The smallest absolute Gasteiger partial charge is 0.339 e. The van der Waals surface area contributed by atoms with Crippen LogP contribution in [0.3, 0.4) is 0 Å². The molecular formula is C42H50ClN3O11S. The molecule has 0 aliphatic carbocycles. The van der Waals surface area contributed by atoms with Crippen molar-refractivity contribution in [3.05, 3.63) is 99.8 Å². The van der Waals surface area contributed by atoms with Gasteiger partial charge in [-0.2, -0.15) is 0 Å². The zero-order valence-corrected chi connectivity index (χ0v) is 34.8. The molecular weight excluding hydrogens is 790 g/mol. The highest BCUT2D eigenvalue weighted by Gasteiger charge is 2.43. The number of nitrogens with zero attached hydrogens (tertiary/aromatic N) is 2. The van der Waals surface area contributed by atoms with Crippen LogP contribution in [0.2, 0.25) is 5.02 Å². The molecule has 4 N–H and O–H groups in total. The molecule has 2 unspecified atom stereocenters. The molecule has 1 aromatic heterocycles. The molecule has 1 aliphatic rings. The summed E-state index contributed by atoms with van der Waals surface area (Å²) >= 11 is 6.73. The number of sulfone groups is 1. The number of rotatable bonds is 19. The SMILES string of the molecule is COC(=O)C1(O)CCN(CCCOc2cccc(-c3cccc(COc4cc(OCc5cncc(S(C)(=O)=O)c5)c(CNC(C)(CO)C(=O)O)cc4Cl)c3C)c2C)C1. The lowest BCUT2D eigenvalue weighted by Crippen LogP contribution is -2.52. The van der Waals surface area contributed by atoms with Crippen LogP contribution in [0.5, 0.6) is 17.2 Å². The van der Waals surface area contributed by atoms with Gasteiger partial charge in [-0.3, -0.25) is 20.0 Å². The van der Waals surface area contributed by atoms with E-state index < -0.39 is 39.5 Å². The Morgan fingerprint density at radius 3 is 2.36 bits per heavy atom. The largest absolute Gasteiger partial charge is 0.493 e. The van der Waals surface area contributed by atoms with Crippen LogP contribution in [0.4, 0.5) is 0 Å². The van der Waals surface area contributed by atoms with Crippen molar-refractivity contribution in [3.8, 4) is 28.4 Å². The molecule has 14 nitrogen and oxygen atoms in total. The van der Waals surface area contributed by atoms with Crippen molar-refractivity contribution < 1.29 is 52.3 Å². The second-order valence-electron chi connectivity index (χ2n) is 14.7. The number of aromatic nitrogens is 1. The van der Waals surface area contributed by atoms with Gasteiger partial charge < -0.3 is 34.3 Å². The molecule has 312 valence electrons. The van der Waals surface area contributed by atoms with Gasteiger partial charge >= 0.3 is 11.9 Å². The number of nitrogens with one attached hydrogen (secondary N) is 1. The minimum atomic E-state index is -3.51. The quantitative estimate of drug-likeness (QED) is 0.0737. The summed E-state index contributed by atoms with van der Waals surface area (Å²) in [6.07, 6.45) is 4.87. The fourth-order valence-electron chi connectivity index (χ4n) is 6.59. The molecule has 1 aliphatic heterocycles. The number of halogens is 1. The molecule has 16 heteroatoms. The van der Waals surface area contributed by atoms with Crippen molar-refractivity contribution in [2.24, 2.45) is 0 Å². The highest BCUT2D eigenvalue weighted by molar-refractivity contribution is 7.90. The number of likely N-dealkylation sites (tertiary alicyclic amines) is 1. The summed E-state index contributed by atoms with van der Waals surface area (Å²) in [7, 11) is -2.23. The number of carboxylic acid groups (broad SMARTS) is 1. The summed E-state index contributed by atoms with van der Waals surface area (Å²) in [4.78, 5) is 29.9. The lowest BCUT2D eigenvalue weighted by Gasteiger charge is -2.25. The number of hydrogen-bond donors (Lipinski definition) is 4. The fourth-order valence-corrected chi connectivity index (χ4v) is 7.45. The number of carbonyl (C=O) groups is 2. The van der Waals surface area contributed by atoms with E-state index in [0.717, 1.165) is 39.8 Å². The van der Waals surface area contributed by atoms with Gasteiger partial charge in [-0.05, 0) is 73.2 Å². The van der Waals surface area contributed by atoms with Crippen LogP contribution in [0.15, 0.2) is 71.9 Å². The van der Waals surface area contributed by atoms with Gasteiger partial charge in [0.05, 0.1) is 30.2 Å². The summed E-state index contributed by atoms with van der Waals surface area (Å²) in [6.45, 7) is 6.71. The van der Waals surface area contributed by atoms with Gasteiger partial charge in [0.1, 0.15) is 36.0 Å². The van der Waals surface area contributed by atoms with Gasteiger partial charge in [0.25, 0.3) is 0 Å². The van der Waals surface area contributed by atoms with Crippen LogP contribution in [-0.4, -0.2) is 103 Å². The average Bonchev–Trinajstić information content (AvgIpc) is 3.59. The Kier molecular flexibility index (Phi) is 14.4. The van der Waals surface area contributed by atoms with Crippen LogP contribution in [0.25, 0.3) is 11.1 Å². The van der Waals surface area contributed by atoms with Crippen molar-refractivity contribution in [1.82, 2.24) is 15.2 Å². The number of carboxylic acids is 1. The molecule has 0 spiro atoms. The molecule has 5 rings (SSSR count). The van der Waals surface area contributed by atoms with Gasteiger partial charge in [0.2, 0.25) is 0 Å². The Bertz CT molecular complexity index is 2240. The van der Waals surface area contributed by atoms with E-state index >= 15 is 0 Å². The third-order valence-corrected chi connectivity index (χ3v) is 11.7. The Labute approximate surface area is 343 Å². The number of hydrogen-bond acceptors (Lipinski definition) is 13. The predicted octanol–water partition coefficient (Wildman–Crippen LogP) is 4.88. The Hall–Kier alpha value is -4.77. The van der Waals surface area contributed by atoms with Gasteiger partial charge in [-0.15, -0.1) is 0 Å². The zero-order valence-electron chi connectivity index (χ0n) is 33.2. The maximum Gasteiger partial charge on any atom is 0.339 e. The molecule has 1 fully saturated rings. The molecule has 4 aromatic rings. The number of benzene rings is 3. The zero-order chi connectivity index (χ0) is 42.3. The van der Waals surface area contributed by atoms with Crippen LogP contribution >= 0.6 is 11.6 Å². The molecule has 3 aromatic carbocycles. The van der Waals surface area contributed by atoms with Crippen LogP contribution in [0, 0.1) is 13.8 Å². The number of pyridine rings is 1. The van der Waals surface area contributed by atoms with Crippen molar-refractivity contribution >= 4 is 33.4 Å². The normalized spacial score (nSPS) is 16.8. The van der Waals surface area contributed by atoms with Crippen LogP contribution < -0.4 is 19.5 Å².